The molecular formula is C25H39NO5. The molecule has 0 atom stereocenters. The maximum Gasteiger partial charge on any atom is 0.343 e. The smallest absolute Gasteiger partial charge is 0.343 e. The summed E-state index contributed by atoms with van der Waals surface area (Å²) in [6.07, 6.45) is 8.72. The first-order chi connectivity index (χ1) is 14.9. The number of ether oxygens (including phenoxy) is 2. The SMILES string of the molecule is CCCCCCCc1ccc(CCCC(NC(C)=O)(C(=O)OCC)C(=O)OCC)cc1. The van der Waals surface area contributed by atoms with Crippen LogP contribution in [0, 0.1) is 0 Å². The van der Waals surface area contributed by atoms with E-state index in [2.05, 4.69) is 36.5 Å². The van der Waals surface area contributed by atoms with E-state index in [1.807, 2.05) is 0 Å². The summed E-state index contributed by atoms with van der Waals surface area (Å²) in [5.41, 5.74) is 0.640. The first-order valence-corrected chi connectivity index (χ1v) is 11.6. The Morgan fingerprint density at radius 1 is 0.774 bits per heavy atom. The van der Waals surface area contributed by atoms with Gasteiger partial charge in [0, 0.05) is 6.92 Å². The lowest BCUT2D eigenvalue weighted by Crippen LogP contribution is -2.61. The highest BCUT2D eigenvalue weighted by atomic mass is 16.6. The highest BCUT2D eigenvalue weighted by Gasteiger charge is 2.49. The number of hydrogen-bond donors (Lipinski definition) is 1. The molecule has 31 heavy (non-hydrogen) atoms. The molecular weight excluding hydrogens is 394 g/mol. The van der Waals surface area contributed by atoms with Crippen LogP contribution in [0.2, 0.25) is 0 Å². The summed E-state index contributed by atoms with van der Waals surface area (Å²) in [6.45, 7) is 7.03. The van der Waals surface area contributed by atoms with Crippen LogP contribution in [-0.4, -0.2) is 36.6 Å². The van der Waals surface area contributed by atoms with Crippen molar-refractivity contribution in [1.82, 2.24) is 5.32 Å². The maximum absolute atomic E-state index is 12.6. The number of aryl methyl sites for hydroxylation is 2. The number of carbonyl (C=O) groups is 3. The van der Waals surface area contributed by atoms with E-state index in [9.17, 15) is 14.4 Å². The van der Waals surface area contributed by atoms with Gasteiger partial charge in [-0.1, -0.05) is 56.9 Å². The third-order valence-electron chi connectivity index (χ3n) is 5.25. The molecule has 6 heteroatoms. The largest absolute Gasteiger partial charge is 0.464 e. The van der Waals surface area contributed by atoms with Gasteiger partial charge in [0.25, 0.3) is 0 Å². The van der Waals surface area contributed by atoms with E-state index < -0.39 is 23.4 Å². The van der Waals surface area contributed by atoms with Crippen molar-refractivity contribution in [2.75, 3.05) is 13.2 Å². The van der Waals surface area contributed by atoms with Crippen LogP contribution in [0.15, 0.2) is 24.3 Å². The minimum absolute atomic E-state index is 0.111. The molecule has 0 saturated heterocycles. The quantitative estimate of drug-likeness (QED) is 0.250. The Labute approximate surface area is 187 Å². The fourth-order valence-electron chi connectivity index (χ4n) is 3.62. The number of unbranched alkanes of at least 4 members (excludes halogenated alkanes) is 4. The van der Waals surface area contributed by atoms with Crippen molar-refractivity contribution < 1.29 is 23.9 Å². The van der Waals surface area contributed by atoms with Gasteiger partial charge in [0.2, 0.25) is 11.4 Å². The summed E-state index contributed by atoms with van der Waals surface area (Å²) >= 11 is 0. The van der Waals surface area contributed by atoms with Gasteiger partial charge < -0.3 is 14.8 Å². The average Bonchev–Trinajstić information content (AvgIpc) is 2.74. The fourth-order valence-corrected chi connectivity index (χ4v) is 3.62. The first-order valence-electron chi connectivity index (χ1n) is 11.6. The van der Waals surface area contributed by atoms with Gasteiger partial charge in [-0.3, -0.25) is 4.79 Å². The third kappa shape index (κ3) is 9.11. The van der Waals surface area contributed by atoms with Crippen molar-refractivity contribution in [3.05, 3.63) is 35.4 Å². The molecule has 0 radical (unpaired) electrons. The van der Waals surface area contributed by atoms with Crippen molar-refractivity contribution in [2.24, 2.45) is 0 Å². The summed E-state index contributed by atoms with van der Waals surface area (Å²) < 4.78 is 10.2. The molecule has 6 nitrogen and oxygen atoms in total. The molecule has 1 aromatic rings. The van der Waals surface area contributed by atoms with E-state index in [1.54, 1.807) is 13.8 Å². The molecule has 1 N–H and O–H groups in total. The molecule has 1 amide bonds. The van der Waals surface area contributed by atoms with Gasteiger partial charge in [-0.25, -0.2) is 9.59 Å². The van der Waals surface area contributed by atoms with Crippen LogP contribution in [0.3, 0.4) is 0 Å². The van der Waals surface area contributed by atoms with Crippen molar-refractivity contribution in [3.63, 3.8) is 0 Å². The Morgan fingerprint density at radius 3 is 1.71 bits per heavy atom. The zero-order valence-electron chi connectivity index (χ0n) is 19.6. The van der Waals surface area contributed by atoms with Crippen molar-refractivity contribution in [2.45, 2.75) is 91.0 Å². The van der Waals surface area contributed by atoms with Gasteiger partial charge in [-0.2, -0.15) is 0 Å². The van der Waals surface area contributed by atoms with Gasteiger partial charge in [0.1, 0.15) is 0 Å². The van der Waals surface area contributed by atoms with Crippen LogP contribution in [-0.2, 0) is 36.7 Å². The minimum Gasteiger partial charge on any atom is -0.464 e. The number of rotatable bonds is 15. The van der Waals surface area contributed by atoms with Gasteiger partial charge in [0.05, 0.1) is 13.2 Å². The van der Waals surface area contributed by atoms with E-state index in [1.165, 1.54) is 44.6 Å². The molecule has 0 saturated carbocycles. The fraction of sp³-hybridized carbons (Fsp3) is 0.640. The molecule has 174 valence electrons. The lowest BCUT2D eigenvalue weighted by molar-refractivity contribution is -0.168. The summed E-state index contributed by atoms with van der Waals surface area (Å²) in [5.74, 6) is -2.03. The number of carbonyl (C=O) groups excluding carboxylic acids is 3. The van der Waals surface area contributed by atoms with Crippen LogP contribution in [0.25, 0.3) is 0 Å². The summed E-state index contributed by atoms with van der Waals surface area (Å²) in [6, 6.07) is 8.48. The number of esters is 2. The monoisotopic (exact) mass is 433 g/mol. The third-order valence-corrected chi connectivity index (χ3v) is 5.25. The second-order valence-electron chi connectivity index (χ2n) is 7.86. The number of benzene rings is 1. The van der Waals surface area contributed by atoms with E-state index in [-0.39, 0.29) is 19.6 Å². The lowest BCUT2D eigenvalue weighted by Gasteiger charge is -2.29. The topological polar surface area (TPSA) is 81.7 Å². The van der Waals surface area contributed by atoms with Crippen molar-refractivity contribution in [1.29, 1.82) is 0 Å². The number of nitrogens with one attached hydrogen (secondary N) is 1. The molecule has 0 aliphatic rings. The molecule has 0 aliphatic carbocycles. The molecule has 0 spiro atoms. The predicted octanol–water partition coefficient (Wildman–Crippen LogP) is 4.52. The van der Waals surface area contributed by atoms with Gasteiger partial charge in [-0.05, 0) is 57.1 Å². The van der Waals surface area contributed by atoms with Gasteiger partial charge >= 0.3 is 11.9 Å². The Bertz CT molecular complexity index is 666. The zero-order valence-corrected chi connectivity index (χ0v) is 19.6. The number of amides is 1. The zero-order chi connectivity index (χ0) is 23.1. The van der Waals surface area contributed by atoms with Gasteiger partial charge in [0.15, 0.2) is 0 Å². The molecule has 0 unspecified atom stereocenters. The summed E-state index contributed by atoms with van der Waals surface area (Å²) in [5, 5.41) is 2.51. The van der Waals surface area contributed by atoms with Gasteiger partial charge in [-0.15, -0.1) is 0 Å². The predicted molar refractivity (Wildman–Crippen MR) is 122 cm³/mol. The van der Waals surface area contributed by atoms with E-state index in [4.69, 9.17) is 9.47 Å². The standard InChI is InChI=1S/C25H39NO5/c1-5-8-9-10-11-13-21-15-17-22(18-16-21)14-12-19-25(26-20(4)27,23(28)30-6-2)24(29)31-7-3/h15-18H,5-14,19H2,1-4H3,(H,26,27). The van der Waals surface area contributed by atoms with Crippen LogP contribution in [0.5, 0.6) is 0 Å². The molecule has 0 aliphatic heterocycles. The van der Waals surface area contributed by atoms with Crippen LogP contribution >= 0.6 is 0 Å². The maximum atomic E-state index is 12.6. The van der Waals surface area contributed by atoms with Crippen LogP contribution in [0.4, 0.5) is 0 Å². The summed E-state index contributed by atoms with van der Waals surface area (Å²) in [7, 11) is 0. The Hall–Kier alpha value is -2.37. The van der Waals surface area contributed by atoms with Crippen LogP contribution in [0.1, 0.15) is 83.8 Å². The molecule has 0 fully saturated rings. The van der Waals surface area contributed by atoms with E-state index >= 15 is 0 Å². The molecule has 1 rings (SSSR count). The normalized spacial score (nSPS) is 11.1. The van der Waals surface area contributed by atoms with E-state index in [0.717, 1.165) is 12.0 Å². The molecule has 0 aromatic heterocycles. The Balaban J connectivity index is 2.74. The second-order valence-corrected chi connectivity index (χ2v) is 7.86. The minimum atomic E-state index is -1.81. The van der Waals surface area contributed by atoms with Crippen molar-refractivity contribution in [3.8, 4) is 0 Å². The molecule has 0 heterocycles. The highest BCUT2D eigenvalue weighted by Crippen LogP contribution is 2.21. The van der Waals surface area contributed by atoms with E-state index in [0.29, 0.717) is 12.8 Å². The van der Waals surface area contributed by atoms with Crippen molar-refractivity contribution >= 4 is 17.8 Å². The number of hydrogen-bond acceptors (Lipinski definition) is 5. The van der Waals surface area contributed by atoms with Crippen LogP contribution < -0.4 is 5.32 Å². The Morgan fingerprint density at radius 2 is 1.26 bits per heavy atom. The lowest BCUT2D eigenvalue weighted by atomic mass is 9.90. The molecule has 0 bridgehead atoms. The summed E-state index contributed by atoms with van der Waals surface area (Å²) in [4.78, 5) is 37.0. The molecule has 1 aromatic carbocycles. The second kappa shape index (κ2) is 14.6. The average molecular weight is 434 g/mol. The first kappa shape index (κ1) is 26.7. The highest BCUT2D eigenvalue weighted by molar-refractivity contribution is 6.07. The Kier molecular flexibility index (Phi) is 12.6.